The summed E-state index contributed by atoms with van der Waals surface area (Å²) in [5.41, 5.74) is 0.819. The van der Waals surface area contributed by atoms with Crippen LogP contribution in [0, 0.1) is 0 Å². The molecular formula is C18H20N2O5S. The van der Waals surface area contributed by atoms with Gasteiger partial charge in [0.15, 0.2) is 0 Å². The Balaban J connectivity index is 2.18. The van der Waals surface area contributed by atoms with Crippen LogP contribution in [-0.2, 0) is 14.8 Å². The molecule has 0 aliphatic rings. The van der Waals surface area contributed by atoms with Crippen molar-refractivity contribution in [2.24, 2.45) is 0 Å². The molecule has 0 aliphatic carbocycles. The molecule has 0 atom stereocenters. The average molecular weight is 376 g/mol. The Bertz CT molecular complexity index is 881. The molecule has 0 bridgehead atoms. The monoisotopic (exact) mass is 376 g/mol. The lowest BCUT2D eigenvalue weighted by molar-refractivity contribution is 0.0601. The van der Waals surface area contributed by atoms with E-state index in [0.717, 1.165) is 10.6 Å². The SMILES string of the molecule is COC(=O)c1ccccc1N(CCNC(=O)c1ccccc1)S(C)(=O)=O. The first-order valence-corrected chi connectivity index (χ1v) is 9.67. The molecule has 2 rings (SSSR count). The number of para-hydroxylation sites is 1. The number of esters is 1. The van der Waals surface area contributed by atoms with Gasteiger partial charge in [0.2, 0.25) is 10.0 Å². The number of rotatable bonds is 7. The molecule has 1 amide bonds. The van der Waals surface area contributed by atoms with Gasteiger partial charge in [-0.05, 0) is 24.3 Å². The maximum atomic E-state index is 12.2. The van der Waals surface area contributed by atoms with Crippen LogP contribution in [0.5, 0.6) is 0 Å². The van der Waals surface area contributed by atoms with E-state index in [9.17, 15) is 18.0 Å². The summed E-state index contributed by atoms with van der Waals surface area (Å²) in [7, 11) is -2.44. The molecule has 2 aromatic carbocycles. The average Bonchev–Trinajstić information content (AvgIpc) is 2.64. The first kappa shape index (κ1) is 19.5. The maximum absolute atomic E-state index is 12.2. The Hall–Kier alpha value is -2.87. The van der Waals surface area contributed by atoms with Gasteiger partial charge in [0.05, 0.1) is 31.2 Å². The van der Waals surface area contributed by atoms with Gasteiger partial charge < -0.3 is 10.1 Å². The van der Waals surface area contributed by atoms with Crippen LogP contribution < -0.4 is 9.62 Å². The third-order valence-corrected chi connectivity index (χ3v) is 4.79. The van der Waals surface area contributed by atoms with Crippen molar-refractivity contribution >= 4 is 27.6 Å². The number of carbonyl (C=O) groups is 2. The number of carbonyl (C=O) groups excluding carboxylic acids is 2. The molecule has 0 spiro atoms. The Morgan fingerprint density at radius 1 is 1.04 bits per heavy atom. The minimum Gasteiger partial charge on any atom is -0.465 e. The minimum atomic E-state index is -3.67. The summed E-state index contributed by atoms with van der Waals surface area (Å²) in [6, 6.07) is 14.9. The first-order valence-electron chi connectivity index (χ1n) is 7.83. The van der Waals surface area contributed by atoms with Gasteiger partial charge in [-0.25, -0.2) is 13.2 Å². The van der Waals surface area contributed by atoms with Crippen LogP contribution in [0.25, 0.3) is 0 Å². The van der Waals surface area contributed by atoms with Crippen molar-refractivity contribution in [1.82, 2.24) is 5.32 Å². The summed E-state index contributed by atoms with van der Waals surface area (Å²) in [6.45, 7) is 0.0573. The van der Waals surface area contributed by atoms with Crippen LogP contribution in [0.4, 0.5) is 5.69 Å². The van der Waals surface area contributed by atoms with E-state index in [1.165, 1.54) is 19.2 Å². The number of anilines is 1. The molecule has 0 saturated heterocycles. The highest BCUT2D eigenvalue weighted by molar-refractivity contribution is 7.92. The van der Waals surface area contributed by atoms with Crippen LogP contribution in [-0.4, -0.2) is 46.7 Å². The standard InChI is InChI=1S/C18H20N2O5S/c1-25-18(22)15-10-6-7-11-16(15)20(26(2,23)24)13-12-19-17(21)14-8-4-3-5-9-14/h3-11H,12-13H2,1-2H3,(H,19,21). The van der Waals surface area contributed by atoms with Crippen molar-refractivity contribution in [2.45, 2.75) is 0 Å². The summed E-state index contributed by atoms with van der Waals surface area (Å²) in [5.74, 6) is -0.942. The fourth-order valence-electron chi connectivity index (χ4n) is 2.40. The van der Waals surface area contributed by atoms with Crippen LogP contribution in [0.15, 0.2) is 54.6 Å². The van der Waals surface area contributed by atoms with Gasteiger partial charge in [-0.3, -0.25) is 9.10 Å². The third kappa shape index (κ3) is 4.82. The van der Waals surface area contributed by atoms with E-state index in [-0.39, 0.29) is 30.2 Å². The Kier molecular flexibility index (Phi) is 6.35. The second-order valence-corrected chi connectivity index (χ2v) is 7.37. The predicted octanol–water partition coefficient (Wildman–Crippen LogP) is 1.67. The lowest BCUT2D eigenvalue weighted by atomic mass is 10.2. The second kappa shape index (κ2) is 8.48. The molecule has 0 radical (unpaired) electrons. The van der Waals surface area contributed by atoms with Gasteiger partial charge in [0, 0.05) is 12.1 Å². The predicted molar refractivity (Wildman–Crippen MR) is 98.7 cm³/mol. The highest BCUT2D eigenvalue weighted by atomic mass is 32.2. The lowest BCUT2D eigenvalue weighted by Crippen LogP contribution is -2.39. The largest absolute Gasteiger partial charge is 0.465 e. The lowest BCUT2D eigenvalue weighted by Gasteiger charge is -2.24. The zero-order chi connectivity index (χ0) is 19.2. The molecule has 8 heteroatoms. The number of ether oxygens (including phenoxy) is 1. The molecule has 2 aromatic rings. The number of methoxy groups -OCH3 is 1. The quantitative estimate of drug-likeness (QED) is 0.742. The molecule has 0 heterocycles. The van der Waals surface area contributed by atoms with Crippen molar-refractivity contribution < 1.29 is 22.7 Å². The molecule has 0 fully saturated rings. The normalized spacial score (nSPS) is 10.8. The number of nitrogens with one attached hydrogen (secondary N) is 1. The zero-order valence-corrected chi connectivity index (χ0v) is 15.3. The van der Waals surface area contributed by atoms with Crippen LogP contribution >= 0.6 is 0 Å². The summed E-state index contributed by atoms with van der Waals surface area (Å²) < 4.78 is 30.2. The van der Waals surface area contributed by atoms with E-state index < -0.39 is 16.0 Å². The third-order valence-electron chi connectivity index (χ3n) is 3.61. The van der Waals surface area contributed by atoms with Gasteiger partial charge in [0.25, 0.3) is 5.91 Å². The summed E-state index contributed by atoms with van der Waals surface area (Å²) >= 11 is 0. The molecule has 0 aliphatic heterocycles. The number of amides is 1. The Morgan fingerprint density at radius 3 is 2.27 bits per heavy atom. The maximum Gasteiger partial charge on any atom is 0.340 e. The van der Waals surface area contributed by atoms with Gasteiger partial charge in [-0.2, -0.15) is 0 Å². The van der Waals surface area contributed by atoms with Crippen molar-refractivity contribution in [3.8, 4) is 0 Å². The van der Waals surface area contributed by atoms with E-state index in [1.54, 1.807) is 42.5 Å². The van der Waals surface area contributed by atoms with E-state index in [1.807, 2.05) is 0 Å². The minimum absolute atomic E-state index is 0.0224. The van der Waals surface area contributed by atoms with Crippen LogP contribution in [0.3, 0.4) is 0 Å². The number of benzene rings is 2. The van der Waals surface area contributed by atoms with Crippen LogP contribution in [0.1, 0.15) is 20.7 Å². The van der Waals surface area contributed by atoms with E-state index >= 15 is 0 Å². The molecule has 26 heavy (non-hydrogen) atoms. The molecule has 0 unspecified atom stereocenters. The van der Waals surface area contributed by atoms with Crippen molar-refractivity contribution in [3.05, 3.63) is 65.7 Å². The summed E-state index contributed by atoms with van der Waals surface area (Å²) in [4.78, 5) is 24.0. The summed E-state index contributed by atoms with van der Waals surface area (Å²) in [5, 5.41) is 2.67. The molecule has 7 nitrogen and oxygen atoms in total. The molecule has 138 valence electrons. The van der Waals surface area contributed by atoms with Crippen molar-refractivity contribution in [3.63, 3.8) is 0 Å². The van der Waals surface area contributed by atoms with E-state index in [0.29, 0.717) is 5.56 Å². The second-order valence-electron chi connectivity index (χ2n) is 5.47. The Labute approximate surface area is 152 Å². The zero-order valence-electron chi connectivity index (χ0n) is 14.5. The summed E-state index contributed by atoms with van der Waals surface area (Å²) in [6.07, 6.45) is 1.04. The Morgan fingerprint density at radius 2 is 1.65 bits per heavy atom. The van der Waals surface area contributed by atoms with Gasteiger partial charge >= 0.3 is 5.97 Å². The van der Waals surface area contributed by atoms with Crippen molar-refractivity contribution in [1.29, 1.82) is 0 Å². The van der Waals surface area contributed by atoms with Gasteiger partial charge in [-0.15, -0.1) is 0 Å². The molecule has 0 aromatic heterocycles. The van der Waals surface area contributed by atoms with E-state index in [2.05, 4.69) is 5.32 Å². The number of sulfonamides is 1. The molecular weight excluding hydrogens is 356 g/mol. The fourth-order valence-corrected chi connectivity index (χ4v) is 3.34. The number of nitrogens with zero attached hydrogens (tertiary/aromatic N) is 1. The number of hydrogen-bond donors (Lipinski definition) is 1. The van der Waals surface area contributed by atoms with Gasteiger partial charge in [-0.1, -0.05) is 30.3 Å². The van der Waals surface area contributed by atoms with Gasteiger partial charge in [0.1, 0.15) is 0 Å². The first-order chi connectivity index (χ1) is 12.3. The highest BCUT2D eigenvalue weighted by Crippen LogP contribution is 2.23. The fraction of sp³-hybridized carbons (Fsp3) is 0.222. The number of hydrogen-bond acceptors (Lipinski definition) is 5. The highest BCUT2D eigenvalue weighted by Gasteiger charge is 2.23. The topological polar surface area (TPSA) is 92.8 Å². The smallest absolute Gasteiger partial charge is 0.340 e. The van der Waals surface area contributed by atoms with E-state index in [4.69, 9.17) is 4.74 Å². The molecule has 1 N–H and O–H groups in total. The molecule has 0 saturated carbocycles. The van der Waals surface area contributed by atoms with Crippen LogP contribution in [0.2, 0.25) is 0 Å². The van der Waals surface area contributed by atoms with Crippen molar-refractivity contribution in [2.75, 3.05) is 30.8 Å².